The first-order valence-electron chi connectivity index (χ1n) is 8.41. The van der Waals surface area contributed by atoms with Crippen molar-refractivity contribution in [1.29, 1.82) is 0 Å². The molecule has 0 radical (unpaired) electrons. The third kappa shape index (κ3) is 2.45. The lowest BCUT2D eigenvalue weighted by Gasteiger charge is -2.34. The molecule has 0 saturated heterocycles. The van der Waals surface area contributed by atoms with Crippen LogP contribution in [-0.2, 0) is 5.54 Å². The fourth-order valence-electron chi connectivity index (χ4n) is 3.94. The van der Waals surface area contributed by atoms with Crippen LogP contribution >= 0.6 is 0 Å². The van der Waals surface area contributed by atoms with Crippen molar-refractivity contribution in [2.75, 3.05) is 5.73 Å². The first-order valence-corrected chi connectivity index (χ1v) is 8.41. The normalized spacial score (nSPS) is 19.1. The predicted octanol–water partition coefficient (Wildman–Crippen LogP) is 1.54. The molecule has 4 N–H and O–H groups in total. The maximum absolute atomic E-state index is 12.5. The molecule has 1 spiro atoms. The molecule has 1 aliphatic heterocycles. The van der Waals surface area contributed by atoms with Gasteiger partial charge in [-0.25, -0.2) is 15.0 Å². The number of hydrogen-bond acceptors (Lipinski definition) is 6. The van der Waals surface area contributed by atoms with Gasteiger partial charge < -0.3 is 16.3 Å². The summed E-state index contributed by atoms with van der Waals surface area (Å²) < 4.78 is 1.03. The number of carbonyl (C=O) groups is 1. The number of nitrogens with zero attached hydrogens (tertiary/aromatic N) is 4. The van der Waals surface area contributed by atoms with E-state index in [2.05, 4.69) is 20.3 Å². The van der Waals surface area contributed by atoms with Gasteiger partial charge in [0, 0.05) is 6.07 Å². The van der Waals surface area contributed by atoms with Crippen molar-refractivity contribution in [3.05, 3.63) is 40.8 Å². The van der Waals surface area contributed by atoms with Gasteiger partial charge >= 0.3 is 0 Å². The molecule has 0 aromatic carbocycles. The molecule has 0 bridgehead atoms. The third-order valence-corrected chi connectivity index (χ3v) is 5.05. The molecule has 1 aliphatic carbocycles. The molecule has 1 fully saturated rings. The van der Waals surface area contributed by atoms with Crippen LogP contribution in [0, 0.1) is 6.92 Å². The van der Waals surface area contributed by atoms with Crippen molar-refractivity contribution >= 4 is 17.5 Å². The van der Waals surface area contributed by atoms with Crippen molar-refractivity contribution in [3.63, 3.8) is 0 Å². The molecule has 0 unspecified atom stereocenters. The second-order valence-corrected chi connectivity index (χ2v) is 6.73. The van der Waals surface area contributed by atoms with Crippen molar-refractivity contribution < 1.29 is 10.0 Å². The quantitative estimate of drug-likeness (QED) is 0.681. The summed E-state index contributed by atoms with van der Waals surface area (Å²) in [5.74, 6) is 0.524. The number of rotatable bonds is 1. The van der Waals surface area contributed by atoms with Gasteiger partial charge in [0.05, 0.1) is 16.8 Å². The van der Waals surface area contributed by atoms with Gasteiger partial charge in [0.15, 0.2) is 11.3 Å². The summed E-state index contributed by atoms with van der Waals surface area (Å²) in [6.07, 6.45) is 6.13. The van der Waals surface area contributed by atoms with Crippen LogP contribution in [0.5, 0.6) is 0 Å². The second kappa shape index (κ2) is 5.58. The Hall–Kier alpha value is -2.90. The van der Waals surface area contributed by atoms with Gasteiger partial charge in [0.25, 0.3) is 5.91 Å². The van der Waals surface area contributed by atoms with Crippen LogP contribution in [0.4, 0.5) is 11.6 Å². The molecule has 2 aromatic heterocycles. The van der Waals surface area contributed by atoms with Gasteiger partial charge in [-0.15, -0.1) is 0 Å². The van der Waals surface area contributed by atoms with Crippen LogP contribution in [0.2, 0.25) is 0 Å². The van der Waals surface area contributed by atoms with Crippen LogP contribution in [0.3, 0.4) is 0 Å². The number of hydrogen-bond donors (Lipinski definition) is 3. The van der Waals surface area contributed by atoms with E-state index in [0.717, 1.165) is 42.4 Å². The van der Waals surface area contributed by atoms with Crippen molar-refractivity contribution in [2.24, 2.45) is 4.99 Å². The Morgan fingerprint density at radius 3 is 2.76 bits per heavy atom. The number of aryl methyl sites for hydroxylation is 1. The van der Waals surface area contributed by atoms with Crippen LogP contribution in [0.25, 0.3) is 0 Å². The maximum atomic E-state index is 12.5. The van der Waals surface area contributed by atoms with E-state index in [4.69, 9.17) is 5.73 Å². The van der Waals surface area contributed by atoms with Crippen LogP contribution in [0.1, 0.15) is 53.7 Å². The molecule has 2 aliphatic rings. The largest absolute Gasteiger partial charge is 0.427 e. The number of nitrogens with one attached hydrogen (secondary N) is 1. The Morgan fingerprint density at radius 2 is 2.04 bits per heavy atom. The number of amides is 1. The number of aromatic nitrogens is 3. The van der Waals surface area contributed by atoms with E-state index in [1.54, 1.807) is 6.07 Å². The highest BCUT2D eigenvalue weighted by atomic mass is 16.5. The Bertz CT molecular complexity index is 927. The number of anilines is 1. The van der Waals surface area contributed by atoms with Gasteiger partial charge in [-0.2, -0.15) is 4.73 Å². The highest BCUT2D eigenvalue weighted by Gasteiger charge is 2.47. The van der Waals surface area contributed by atoms with E-state index >= 15 is 0 Å². The number of pyridine rings is 1. The second-order valence-electron chi connectivity index (χ2n) is 6.73. The number of carbonyl (C=O) groups excluding carboxylic acids is 1. The fourth-order valence-corrected chi connectivity index (χ4v) is 3.94. The molecule has 25 heavy (non-hydrogen) atoms. The Morgan fingerprint density at radius 1 is 1.28 bits per heavy atom. The summed E-state index contributed by atoms with van der Waals surface area (Å²) in [6.45, 7) is 1.85. The summed E-state index contributed by atoms with van der Waals surface area (Å²) in [6, 6.07) is 3.21. The monoisotopic (exact) mass is 340 g/mol. The lowest BCUT2D eigenvalue weighted by atomic mass is 9.79. The standard InChI is InChI=1S/C17H20N6O2/c1-10-7-13(21-12-8-11(18)19-9-20-12)23(25)15-14(10)16(24)22-17(15)5-3-2-4-6-17/h7-9,25H,2-6H2,1H3,(H,22,24)(H2,18,19,20). The van der Waals surface area contributed by atoms with Crippen LogP contribution < -0.4 is 16.5 Å². The topological polar surface area (TPSA) is 118 Å². The zero-order chi connectivity index (χ0) is 17.6. The highest BCUT2D eigenvalue weighted by Crippen LogP contribution is 2.42. The average Bonchev–Trinajstić information content (AvgIpc) is 2.85. The smallest absolute Gasteiger partial charge is 0.254 e. The summed E-state index contributed by atoms with van der Waals surface area (Å²) in [7, 11) is 0. The summed E-state index contributed by atoms with van der Waals surface area (Å²) >= 11 is 0. The molecule has 1 saturated carbocycles. The molecule has 2 aromatic rings. The molecule has 8 heteroatoms. The summed E-state index contributed by atoms with van der Waals surface area (Å²) in [5.41, 5.74) is 7.40. The van der Waals surface area contributed by atoms with Crippen molar-refractivity contribution in [3.8, 4) is 0 Å². The van der Waals surface area contributed by atoms with E-state index in [0.29, 0.717) is 28.4 Å². The van der Waals surface area contributed by atoms with Gasteiger partial charge in [-0.1, -0.05) is 19.3 Å². The molecule has 3 heterocycles. The molecule has 130 valence electrons. The van der Waals surface area contributed by atoms with Crippen LogP contribution in [0.15, 0.2) is 23.5 Å². The van der Waals surface area contributed by atoms with E-state index < -0.39 is 5.54 Å². The molecule has 1 amide bonds. The summed E-state index contributed by atoms with van der Waals surface area (Å²) in [4.78, 5) is 24.8. The van der Waals surface area contributed by atoms with E-state index in [1.807, 2.05) is 6.92 Å². The van der Waals surface area contributed by atoms with Crippen molar-refractivity contribution in [1.82, 2.24) is 20.0 Å². The average molecular weight is 340 g/mol. The SMILES string of the molecule is Cc1cc(=Nc2cc(N)ncn2)n(O)c2c1C(=O)NC21CCCCC1. The Labute approximate surface area is 144 Å². The molecule has 0 atom stereocenters. The lowest BCUT2D eigenvalue weighted by molar-refractivity contribution is 0.0892. The first kappa shape index (κ1) is 15.6. The van der Waals surface area contributed by atoms with Crippen LogP contribution in [-0.4, -0.2) is 25.8 Å². The van der Waals surface area contributed by atoms with Gasteiger partial charge in [0.1, 0.15) is 12.1 Å². The highest BCUT2D eigenvalue weighted by molar-refractivity contribution is 6.00. The van der Waals surface area contributed by atoms with Gasteiger partial charge in [-0.05, 0) is 31.4 Å². The molecule has 8 nitrogen and oxygen atoms in total. The zero-order valence-corrected chi connectivity index (χ0v) is 14.0. The zero-order valence-electron chi connectivity index (χ0n) is 14.0. The first-order chi connectivity index (χ1) is 12.0. The lowest BCUT2D eigenvalue weighted by Crippen LogP contribution is -2.43. The minimum atomic E-state index is -0.513. The van der Waals surface area contributed by atoms with E-state index in [-0.39, 0.29) is 5.91 Å². The van der Waals surface area contributed by atoms with Gasteiger partial charge in [0.2, 0.25) is 0 Å². The van der Waals surface area contributed by atoms with Gasteiger partial charge in [-0.3, -0.25) is 4.79 Å². The predicted molar refractivity (Wildman–Crippen MR) is 90.3 cm³/mol. The Kier molecular flexibility index (Phi) is 3.48. The minimum Gasteiger partial charge on any atom is -0.427 e. The molecule has 4 rings (SSSR count). The maximum Gasteiger partial charge on any atom is 0.254 e. The van der Waals surface area contributed by atoms with E-state index in [1.165, 1.54) is 12.4 Å². The third-order valence-electron chi connectivity index (χ3n) is 5.05. The van der Waals surface area contributed by atoms with E-state index in [9.17, 15) is 10.0 Å². The minimum absolute atomic E-state index is 0.130. The molecular formula is C17H20N6O2. The summed E-state index contributed by atoms with van der Waals surface area (Å²) in [5, 5.41) is 14.0. The number of nitrogen functional groups attached to an aromatic ring is 1. The van der Waals surface area contributed by atoms with Crippen molar-refractivity contribution in [2.45, 2.75) is 44.6 Å². The number of fused-ring (bicyclic) bond motifs is 2. The Balaban J connectivity index is 1.94. The number of nitrogens with two attached hydrogens (primary N) is 1. The fraction of sp³-hybridized carbons (Fsp3) is 0.412. The molecular weight excluding hydrogens is 320 g/mol.